The third-order valence-corrected chi connectivity index (χ3v) is 6.51. The van der Waals surface area contributed by atoms with Gasteiger partial charge >= 0.3 is 0 Å². The van der Waals surface area contributed by atoms with Crippen LogP contribution < -0.4 is 5.62 Å². The highest BCUT2D eigenvalue weighted by Crippen LogP contribution is 2.39. The van der Waals surface area contributed by atoms with E-state index in [9.17, 15) is 9.90 Å². The molecule has 0 saturated heterocycles. The Morgan fingerprint density at radius 1 is 0.971 bits per heavy atom. The van der Waals surface area contributed by atoms with Crippen molar-refractivity contribution in [1.82, 2.24) is 9.13 Å². The molecular formula is C30H41N3O2. The average Bonchev–Trinajstić information content (AvgIpc) is 3.05. The number of imidazole rings is 1. The molecular weight excluding hydrogens is 434 g/mol. The molecule has 3 aromatic rings. The lowest BCUT2D eigenvalue weighted by molar-refractivity contribution is 0.0968. The summed E-state index contributed by atoms with van der Waals surface area (Å²) >= 11 is 0. The highest BCUT2D eigenvalue weighted by atomic mass is 16.3. The SMILES string of the molecule is CCCCc1cn(Cc2ccccc2)c(=N)n1CC(=O)c1cc(C(C)(C)C)c(O)c(C(C)(C)C)c1. The van der Waals surface area contributed by atoms with Crippen LogP contribution in [-0.4, -0.2) is 20.0 Å². The molecule has 3 rings (SSSR count). The average molecular weight is 476 g/mol. The number of phenolic OH excluding ortho intramolecular Hbond substituents is 1. The topological polar surface area (TPSA) is 71.0 Å². The first-order valence-electron chi connectivity index (χ1n) is 12.6. The van der Waals surface area contributed by atoms with E-state index in [1.54, 1.807) is 0 Å². The Bertz CT molecular complexity index is 1200. The fraction of sp³-hybridized carbons (Fsp3) is 0.467. The summed E-state index contributed by atoms with van der Waals surface area (Å²) in [5, 5.41) is 19.9. The van der Waals surface area contributed by atoms with Gasteiger partial charge in [-0.25, -0.2) is 0 Å². The fourth-order valence-electron chi connectivity index (χ4n) is 4.41. The molecule has 1 heterocycles. The molecule has 5 heteroatoms. The summed E-state index contributed by atoms with van der Waals surface area (Å²) in [6.07, 6.45) is 4.90. The molecule has 0 spiro atoms. The van der Waals surface area contributed by atoms with Crippen LogP contribution in [0, 0.1) is 5.41 Å². The lowest BCUT2D eigenvalue weighted by atomic mass is 9.78. The monoisotopic (exact) mass is 475 g/mol. The first kappa shape index (κ1) is 26.5. The Morgan fingerprint density at radius 2 is 1.54 bits per heavy atom. The Labute approximate surface area is 210 Å². The van der Waals surface area contributed by atoms with E-state index in [2.05, 4.69) is 19.1 Å². The van der Waals surface area contributed by atoms with Crippen molar-refractivity contribution in [2.24, 2.45) is 0 Å². The zero-order valence-electron chi connectivity index (χ0n) is 22.4. The molecule has 0 fully saturated rings. The van der Waals surface area contributed by atoms with Crippen LogP contribution in [0.4, 0.5) is 0 Å². The Kier molecular flexibility index (Phi) is 7.78. The molecule has 0 unspecified atom stereocenters. The van der Waals surface area contributed by atoms with Gasteiger partial charge in [0.1, 0.15) is 5.75 Å². The number of aromatic hydroxyl groups is 1. The number of Topliss-reactive ketones (excluding diaryl/α,β-unsaturated/α-hetero) is 1. The number of nitrogens with one attached hydrogen (secondary N) is 1. The third-order valence-electron chi connectivity index (χ3n) is 6.51. The summed E-state index contributed by atoms with van der Waals surface area (Å²) in [6, 6.07) is 13.8. The first-order chi connectivity index (χ1) is 16.3. The van der Waals surface area contributed by atoms with Crippen molar-refractivity contribution in [3.05, 3.63) is 82.2 Å². The van der Waals surface area contributed by atoms with Gasteiger partial charge in [0.2, 0.25) is 5.62 Å². The van der Waals surface area contributed by atoms with Crippen LogP contribution in [0.25, 0.3) is 0 Å². The molecule has 2 aromatic carbocycles. The number of phenols is 1. The molecule has 0 aliphatic carbocycles. The number of hydrogen-bond acceptors (Lipinski definition) is 3. The molecule has 188 valence electrons. The zero-order valence-corrected chi connectivity index (χ0v) is 22.4. The minimum absolute atomic E-state index is 0.0466. The number of carbonyl (C=O) groups is 1. The minimum atomic E-state index is -0.306. The summed E-state index contributed by atoms with van der Waals surface area (Å²) in [4.78, 5) is 13.6. The lowest BCUT2D eigenvalue weighted by Crippen LogP contribution is -2.29. The smallest absolute Gasteiger partial charge is 0.202 e. The predicted molar refractivity (Wildman–Crippen MR) is 142 cm³/mol. The molecule has 0 saturated carbocycles. The number of unbranched alkanes of at least 4 members (excludes halogenated alkanes) is 1. The van der Waals surface area contributed by atoms with Gasteiger partial charge < -0.3 is 14.2 Å². The van der Waals surface area contributed by atoms with Gasteiger partial charge in [-0.3, -0.25) is 10.2 Å². The second kappa shape index (κ2) is 10.3. The number of aromatic nitrogens is 2. The van der Waals surface area contributed by atoms with Gasteiger partial charge in [0, 0.05) is 28.6 Å². The standard InChI is InChI=1S/C30H41N3O2/c1-8-9-15-23-19-32(18-21-13-11-10-12-14-21)28(31)33(23)20-26(34)22-16-24(29(2,3)4)27(35)25(17-22)30(5,6)7/h10-14,16-17,19,31,35H,8-9,15,18,20H2,1-7H3. The minimum Gasteiger partial charge on any atom is -0.507 e. The van der Waals surface area contributed by atoms with Crippen molar-refractivity contribution >= 4 is 5.78 Å². The van der Waals surface area contributed by atoms with Crippen LogP contribution in [-0.2, 0) is 30.3 Å². The number of hydrogen-bond donors (Lipinski definition) is 2. The maximum atomic E-state index is 13.6. The van der Waals surface area contributed by atoms with E-state index in [4.69, 9.17) is 5.41 Å². The highest BCUT2D eigenvalue weighted by Gasteiger charge is 2.28. The molecule has 0 aliphatic rings. The second-order valence-electron chi connectivity index (χ2n) is 11.6. The molecule has 2 N–H and O–H groups in total. The Morgan fingerprint density at radius 3 is 2.06 bits per heavy atom. The number of nitrogens with zero attached hydrogens (tertiary/aromatic N) is 2. The predicted octanol–water partition coefficient (Wildman–Crippen LogP) is 6.34. The van der Waals surface area contributed by atoms with E-state index >= 15 is 0 Å². The van der Waals surface area contributed by atoms with E-state index in [0.717, 1.165) is 41.6 Å². The normalized spacial score (nSPS) is 12.2. The number of ketones is 1. The quantitative estimate of drug-likeness (QED) is 0.373. The van der Waals surface area contributed by atoms with Crippen LogP contribution in [0.15, 0.2) is 48.7 Å². The number of aryl methyl sites for hydroxylation is 1. The van der Waals surface area contributed by atoms with Gasteiger partial charge in [0.05, 0.1) is 13.1 Å². The van der Waals surface area contributed by atoms with E-state index < -0.39 is 0 Å². The summed E-state index contributed by atoms with van der Waals surface area (Å²) in [5.41, 5.74) is 3.99. The zero-order chi connectivity index (χ0) is 26.0. The van der Waals surface area contributed by atoms with Crippen molar-refractivity contribution in [3.63, 3.8) is 0 Å². The summed E-state index contributed by atoms with van der Waals surface area (Å²) in [6.45, 7) is 15.1. The van der Waals surface area contributed by atoms with Gasteiger partial charge in [-0.15, -0.1) is 0 Å². The van der Waals surface area contributed by atoms with Gasteiger partial charge in [0.15, 0.2) is 5.78 Å². The van der Waals surface area contributed by atoms with Crippen molar-refractivity contribution in [2.45, 2.75) is 91.6 Å². The van der Waals surface area contributed by atoms with Crippen LogP contribution >= 0.6 is 0 Å². The van der Waals surface area contributed by atoms with Gasteiger partial charge in [-0.05, 0) is 41.4 Å². The molecule has 1 aromatic heterocycles. The summed E-state index contributed by atoms with van der Waals surface area (Å²) < 4.78 is 3.77. The maximum Gasteiger partial charge on any atom is 0.202 e. The summed E-state index contributed by atoms with van der Waals surface area (Å²) in [5.74, 6) is 0.225. The number of benzene rings is 2. The van der Waals surface area contributed by atoms with E-state index in [1.807, 2.05) is 87.2 Å². The van der Waals surface area contributed by atoms with Crippen molar-refractivity contribution in [3.8, 4) is 5.75 Å². The molecule has 5 nitrogen and oxygen atoms in total. The lowest BCUT2D eigenvalue weighted by Gasteiger charge is -2.28. The van der Waals surface area contributed by atoms with Crippen molar-refractivity contribution in [1.29, 1.82) is 5.41 Å². The van der Waals surface area contributed by atoms with Crippen LogP contribution in [0.2, 0.25) is 0 Å². The van der Waals surface area contributed by atoms with Gasteiger partial charge in [-0.2, -0.15) is 0 Å². The Balaban J connectivity index is 2.03. The van der Waals surface area contributed by atoms with Gasteiger partial charge in [0.25, 0.3) is 0 Å². The first-order valence-corrected chi connectivity index (χ1v) is 12.6. The molecule has 0 radical (unpaired) electrons. The largest absolute Gasteiger partial charge is 0.507 e. The Hall–Kier alpha value is -3.08. The second-order valence-corrected chi connectivity index (χ2v) is 11.6. The maximum absolute atomic E-state index is 13.6. The van der Waals surface area contributed by atoms with E-state index in [0.29, 0.717) is 17.7 Å². The van der Waals surface area contributed by atoms with Crippen LogP contribution in [0.3, 0.4) is 0 Å². The van der Waals surface area contributed by atoms with E-state index in [1.165, 1.54) is 0 Å². The van der Waals surface area contributed by atoms with Gasteiger partial charge in [-0.1, -0.05) is 85.2 Å². The number of rotatable bonds is 8. The molecule has 0 aliphatic heterocycles. The van der Waals surface area contributed by atoms with Crippen LogP contribution in [0.5, 0.6) is 5.75 Å². The summed E-state index contributed by atoms with van der Waals surface area (Å²) in [7, 11) is 0. The molecule has 0 bridgehead atoms. The van der Waals surface area contributed by atoms with Crippen molar-refractivity contribution < 1.29 is 9.90 Å². The van der Waals surface area contributed by atoms with E-state index in [-0.39, 0.29) is 28.9 Å². The molecule has 0 amide bonds. The fourth-order valence-corrected chi connectivity index (χ4v) is 4.41. The van der Waals surface area contributed by atoms with Crippen LogP contribution in [0.1, 0.15) is 94.1 Å². The molecule has 35 heavy (non-hydrogen) atoms. The molecule has 0 atom stereocenters. The highest BCUT2D eigenvalue weighted by molar-refractivity contribution is 5.96. The van der Waals surface area contributed by atoms with Crippen molar-refractivity contribution in [2.75, 3.05) is 0 Å². The number of carbonyl (C=O) groups excluding carboxylic acids is 1. The third kappa shape index (κ3) is 6.14.